The Morgan fingerprint density at radius 3 is 2.57 bits per heavy atom. The topological polar surface area (TPSA) is 97.8 Å². The van der Waals surface area contributed by atoms with Gasteiger partial charge in [0.25, 0.3) is 0 Å². The number of ketones is 1. The molecule has 1 saturated heterocycles. The van der Waals surface area contributed by atoms with Crippen LogP contribution in [0.1, 0.15) is 64.9 Å². The van der Waals surface area contributed by atoms with Crippen LogP contribution in [-0.4, -0.2) is 53.2 Å². The predicted molar refractivity (Wildman–Crippen MR) is 136 cm³/mol. The van der Waals surface area contributed by atoms with E-state index in [1.807, 2.05) is 39.0 Å². The Morgan fingerprint density at radius 1 is 1.14 bits per heavy atom. The van der Waals surface area contributed by atoms with Crippen molar-refractivity contribution in [2.24, 2.45) is 11.8 Å². The molecule has 1 aliphatic carbocycles. The van der Waals surface area contributed by atoms with Gasteiger partial charge in [0.15, 0.2) is 10.9 Å². The van der Waals surface area contributed by atoms with E-state index >= 15 is 0 Å². The van der Waals surface area contributed by atoms with E-state index in [1.165, 1.54) is 37.7 Å². The monoisotopic (exact) mass is 501 g/mol. The van der Waals surface area contributed by atoms with Gasteiger partial charge >= 0.3 is 12.2 Å². The van der Waals surface area contributed by atoms with Crippen LogP contribution in [0.3, 0.4) is 0 Å². The second-order valence-electron chi connectivity index (χ2n) is 10.5. The minimum Gasteiger partial charge on any atom is -0.453 e. The molecule has 1 aliphatic heterocycles. The summed E-state index contributed by atoms with van der Waals surface area (Å²) in [5.41, 5.74) is 1.00. The van der Waals surface area contributed by atoms with Crippen LogP contribution in [0.15, 0.2) is 18.2 Å². The molecule has 8 nitrogen and oxygen atoms in total. The number of ether oxygens (including phenoxy) is 2. The Bertz CT molecular complexity index is 1090. The van der Waals surface area contributed by atoms with Gasteiger partial charge in [-0.15, -0.1) is 0 Å². The molecule has 2 heterocycles. The minimum absolute atomic E-state index is 0.0562. The number of fused-ring (bicyclic) bond motifs is 1. The molecule has 2 amide bonds. The molecule has 1 aromatic heterocycles. The molecule has 1 saturated carbocycles. The highest BCUT2D eigenvalue weighted by molar-refractivity contribution is 7.22. The highest BCUT2D eigenvalue weighted by atomic mass is 32.1. The lowest BCUT2D eigenvalue weighted by atomic mass is 9.75. The number of rotatable bonds is 5. The normalized spacial score (nSPS) is 21.2. The van der Waals surface area contributed by atoms with Crippen LogP contribution in [0, 0.1) is 11.8 Å². The molecule has 2 aromatic rings. The maximum Gasteiger partial charge on any atom is 0.413 e. The van der Waals surface area contributed by atoms with Crippen LogP contribution in [0.4, 0.5) is 14.7 Å². The number of carbonyl (C=O) groups excluding carboxylic acids is 3. The first-order chi connectivity index (χ1) is 16.6. The molecule has 190 valence electrons. The number of carbonyl (C=O) groups is 3. The lowest BCUT2D eigenvalue weighted by Gasteiger charge is -2.34. The van der Waals surface area contributed by atoms with Crippen LogP contribution in [0.25, 0.3) is 10.2 Å². The lowest BCUT2D eigenvalue weighted by molar-refractivity contribution is -0.124. The van der Waals surface area contributed by atoms with Crippen molar-refractivity contribution in [3.8, 4) is 0 Å². The Kier molecular flexibility index (Phi) is 7.64. The average molecular weight is 502 g/mol. The first-order valence-corrected chi connectivity index (χ1v) is 13.2. The van der Waals surface area contributed by atoms with Crippen molar-refractivity contribution in [1.29, 1.82) is 0 Å². The molecular weight excluding hydrogens is 466 g/mol. The number of nitrogens with one attached hydrogen (secondary N) is 1. The first-order valence-electron chi connectivity index (χ1n) is 12.4. The molecule has 9 heteroatoms. The summed E-state index contributed by atoms with van der Waals surface area (Å²) in [6.45, 7) is 6.11. The third-order valence-electron chi connectivity index (χ3n) is 6.88. The van der Waals surface area contributed by atoms with Gasteiger partial charge in [0.2, 0.25) is 0 Å². The highest BCUT2D eigenvalue weighted by Crippen LogP contribution is 2.40. The van der Waals surface area contributed by atoms with Crippen molar-refractivity contribution in [2.45, 2.75) is 77.4 Å². The van der Waals surface area contributed by atoms with Crippen molar-refractivity contribution in [3.63, 3.8) is 0 Å². The number of hydrogen-bond donors (Lipinski definition) is 1. The van der Waals surface area contributed by atoms with Gasteiger partial charge in [0.1, 0.15) is 5.60 Å². The van der Waals surface area contributed by atoms with Gasteiger partial charge in [-0.05, 0) is 56.7 Å². The van der Waals surface area contributed by atoms with Gasteiger partial charge < -0.3 is 9.47 Å². The number of benzene rings is 1. The highest BCUT2D eigenvalue weighted by Gasteiger charge is 2.46. The van der Waals surface area contributed by atoms with Gasteiger partial charge in [0.05, 0.1) is 23.4 Å². The van der Waals surface area contributed by atoms with Crippen LogP contribution >= 0.6 is 11.3 Å². The van der Waals surface area contributed by atoms with E-state index in [0.717, 1.165) is 35.0 Å². The maximum atomic E-state index is 13.7. The Balaban J connectivity index is 1.54. The molecular formula is C26H35N3O5S. The number of thiazole rings is 1. The summed E-state index contributed by atoms with van der Waals surface area (Å²) in [5.74, 6) is 0.708. The molecule has 35 heavy (non-hydrogen) atoms. The quantitative estimate of drug-likeness (QED) is 0.557. The molecule has 0 spiro atoms. The number of nitrogens with zero attached hydrogens (tertiary/aromatic N) is 2. The summed E-state index contributed by atoms with van der Waals surface area (Å²) in [6, 6.07) is 5.23. The summed E-state index contributed by atoms with van der Waals surface area (Å²) < 4.78 is 11.2. The van der Waals surface area contributed by atoms with Crippen molar-refractivity contribution in [1.82, 2.24) is 9.88 Å². The second kappa shape index (κ2) is 10.5. The molecule has 4 rings (SSSR count). The summed E-state index contributed by atoms with van der Waals surface area (Å²) in [5, 5.41) is 3.03. The average Bonchev–Trinajstić information content (AvgIpc) is 3.42. The second-order valence-corrected chi connectivity index (χ2v) is 11.6. The number of methoxy groups -OCH3 is 1. The van der Waals surface area contributed by atoms with Gasteiger partial charge in [-0.3, -0.25) is 15.0 Å². The smallest absolute Gasteiger partial charge is 0.413 e. The lowest BCUT2D eigenvalue weighted by Crippen LogP contribution is -2.47. The van der Waals surface area contributed by atoms with Crippen molar-refractivity contribution in [2.75, 3.05) is 19.0 Å². The van der Waals surface area contributed by atoms with Crippen LogP contribution < -0.4 is 5.32 Å². The molecule has 2 aliphatic rings. The van der Waals surface area contributed by atoms with Crippen molar-refractivity contribution >= 4 is 44.7 Å². The van der Waals surface area contributed by atoms with E-state index in [9.17, 15) is 14.4 Å². The molecule has 0 radical (unpaired) electrons. The first kappa shape index (κ1) is 25.4. The van der Waals surface area contributed by atoms with Crippen LogP contribution in [0.5, 0.6) is 0 Å². The van der Waals surface area contributed by atoms with Crippen LogP contribution in [-0.2, 0) is 20.7 Å². The molecule has 1 N–H and O–H groups in total. The SMILES string of the molecule is COC(=O)Nc1nc2ccc(CC(=O)[C@@H]3[C@H](C4CCCCC4)CCN3C(=O)OC(C)(C)C)cc2s1. The van der Waals surface area contributed by atoms with E-state index < -0.39 is 23.8 Å². The summed E-state index contributed by atoms with van der Waals surface area (Å²) >= 11 is 1.33. The maximum absolute atomic E-state index is 13.7. The van der Waals surface area contributed by atoms with Gasteiger partial charge in [-0.25, -0.2) is 14.6 Å². The van der Waals surface area contributed by atoms with Gasteiger partial charge in [-0.1, -0.05) is 49.5 Å². The molecule has 2 fully saturated rings. The van der Waals surface area contributed by atoms with Gasteiger partial charge in [0, 0.05) is 13.0 Å². The number of hydrogen-bond acceptors (Lipinski definition) is 7. The number of Topliss-reactive ketones (excluding diaryl/α,β-unsaturated/α-hetero) is 1. The molecule has 2 atom stereocenters. The zero-order valence-corrected chi connectivity index (χ0v) is 21.8. The summed E-state index contributed by atoms with van der Waals surface area (Å²) in [7, 11) is 1.30. The molecule has 1 aromatic carbocycles. The zero-order chi connectivity index (χ0) is 25.2. The fourth-order valence-electron chi connectivity index (χ4n) is 5.39. The van der Waals surface area contributed by atoms with Crippen LogP contribution in [0.2, 0.25) is 0 Å². The van der Waals surface area contributed by atoms with E-state index in [2.05, 4.69) is 15.0 Å². The van der Waals surface area contributed by atoms with E-state index in [4.69, 9.17) is 4.74 Å². The van der Waals surface area contributed by atoms with Gasteiger partial charge in [-0.2, -0.15) is 0 Å². The fourth-order valence-corrected chi connectivity index (χ4v) is 6.30. The Labute approximate surface area is 210 Å². The largest absolute Gasteiger partial charge is 0.453 e. The molecule has 0 bridgehead atoms. The Hall–Kier alpha value is -2.68. The summed E-state index contributed by atoms with van der Waals surface area (Å²) in [4.78, 5) is 44.4. The van der Waals surface area contributed by atoms with Crippen molar-refractivity contribution in [3.05, 3.63) is 23.8 Å². The predicted octanol–water partition coefficient (Wildman–Crippen LogP) is 5.79. The standard InChI is InChI=1S/C26H35N3O5S/c1-26(2,3)34-25(32)29-13-12-18(17-8-6-5-7-9-17)22(29)20(30)14-16-10-11-19-21(15-16)35-23(27-19)28-24(31)33-4/h10-11,15,17-18,22H,5-9,12-14H2,1-4H3,(H,27,28,31)/t18-,22-/m0/s1. The fraction of sp³-hybridized carbons (Fsp3) is 0.615. The van der Waals surface area contributed by atoms with E-state index in [1.54, 1.807) is 4.90 Å². The van der Waals surface area contributed by atoms with E-state index in [-0.39, 0.29) is 18.1 Å². The Morgan fingerprint density at radius 2 is 1.89 bits per heavy atom. The third-order valence-corrected chi connectivity index (χ3v) is 7.82. The van der Waals surface area contributed by atoms with E-state index in [0.29, 0.717) is 17.6 Å². The third kappa shape index (κ3) is 6.12. The zero-order valence-electron chi connectivity index (χ0n) is 21.0. The number of aromatic nitrogens is 1. The molecule has 0 unspecified atom stereocenters. The minimum atomic E-state index is -0.610. The number of amides is 2. The number of anilines is 1. The van der Waals surface area contributed by atoms with Crippen molar-refractivity contribution < 1.29 is 23.9 Å². The number of likely N-dealkylation sites (tertiary alicyclic amines) is 1. The summed E-state index contributed by atoms with van der Waals surface area (Å²) in [6.07, 6.45) is 5.99.